The van der Waals surface area contributed by atoms with Gasteiger partial charge in [-0.1, -0.05) is 18.9 Å². The fourth-order valence-electron chi connectivity index (χ4n) is 1.68. The predicted molar refractivity (Wildman–Crippen MR) is 71.0 cm³/mol. The van der Waals surface area contributed by atoms with Crippen LogP contribution >= 0.6 is 0 Å². The summed E-state index contributed by atoms with van der Waals surface area (Å²) in [6, 6.07) is 0. The lowest BCUT2D eigenvalue weighted by Crippen LogP contribution is -2.14. The second-order valence-corrected chi connectivity index (χ2v) is 4.55. The zero-order valence-corrected chi connectivity index (χ0v) is 11.2. The first kappa shape index (κ1) is 14.8. The van der Waals surface area contributed by atoms with Gasteiger partial charge in [0.15, 0.2) is 0 Å². The molecule has 0 aromatic rings. The van der Waals surface area contributed by atoms with Gasteiger partial charge >= 0.3 is 5.97 Å². The standard InChI is InChI=1S/C15H22O3/c1-13(2)15(16)18-12-8-11-17-14-9-6-4-3-5-7-10-14/h14H,1,3-6,8-9,11-12H2,2H3. The minimum atomic E-state index is -0.333. The summed E-state index contributed by atoms with van der Waals surface area (Å²) in [6.45, 7) is 6.13. The van der Waals surface area contributed by atoms with Crippen molar-refractivity contribution < 1.29 is 14.3 Å². The molecule has 0 fully saturated rings. The molecule has 1 rings (SSSR count). The lowest BCUT2D eigenvalue weighted by molar-refractivity contribution is -0.139. The van der Waals surface area contributed by atoms with Crippen LogP contribution in [0.1, 0.15) is 45.4 Å². The molecule has 3 nitrogen and oxygen atoms in total. The molecule has 1 unspecified atom stereocenters. The van der Waals surface area contributed by atoms with Gasteiger partial charge in [-0.15, -0.1) is 5.92 Å². The van der Waals surface area contributed by atoms with Gasteiger partial charge in [0.25, 0.3) is 0 Å². The Kier molecular flexibility index (Phi) is 7.20. The number of ether oxygens (including phenoxy) is 2. The number of hydrogen-bond acceptors (Lipinski definition) is 3. The third-order valence-corrected chi connectivity index (χ3v) is 2.72. The van der Waals surface area contributed by atoms with Crippen molar-refractivity contribution in [1.82, 2.24) is 0 Å². The molecule has 0 aliphatic heterocycles. The second kappa shape index (κ2) is 8.77. The molecular weight excluding hydrogens is 228 g/mol. The fourth-order valence-corrected chi connectivity index (χ4v) is 1.68. The Morgan fingerprint density at radius 2 is 2.17 bits per heavy atom. The molecular formula is C15H22O3. The Balaban J connectivity index is 2.09. The summed E-state index contributed by atoms with van der Waals surface area (Å²) in [6.07, 6.45) is 6.39. The van der Waals surface area contributed by atoms with Crippen LogP contribution in [0.15, 0.2) is 12.2 Å². The molecule has 100 valence electrons. The monoisotopic (exact) mass is 250 g/mol. The van der Waals surface area contributed by atoms with Crippen LogP contribution in [0, 0.1) is 11.8 Å². The molecule has 0 spiro atoms. The van der Waals surface area contributed by atoms with Crippen molar-refractivity contribution in [3.05, 3.63) is 12.2 Å². The Hall–Kier alpha value is -1.27. The third-order valence-electron chi connectivity index (χ3n) is 2.72. The molecule has 0 N–H and O–H groups in total. The van der Waals surface area contributed by atoms with E-state index >= 15 is 0 Å². The predicted octanol–water partition coefficient (Wildman–Crippen LogP) is 2.85. The average Bonchev–Trinajstić information content (AvgIpc) is 2.30. The molecule has 0 heterocycles. The van der Waals surface area contributed by atoms with E-state index in [1.165, 1.54) is 19.3 Å². The summed E-state index contributed by atoms with van der Waals surface area (Å²) in [4.78, 5) is 11.1. The molecule has 0 bridgehead atoms. The molecule has 1 aliphatic carbocycles. The number of carbonyl (C=O) groups is 1. The number of rotatable bonds is 6. The Morgan fingerprint density at radius 1 is 1.33 bits per heavy atom. The molecule has 3 heteroatoms. The molecule has 0 saturated carbocycles. The maximum Gasteiger partial charge on any atom is 0.333 e. The van der Waals surface area contributed by atoms with Crippen LogP contribution in [-0.2, 0) is 14.3 Å². The number of hydrogen-bond donors (Lipinski definition) is 0. The first-order valence-electron chi connectivity index (χ1n) is 6.63. The highest BCUT2D eigenvalue weighted by Gasteiger charge is 2.07. The van der Waals surface area contributed by atoms with Crippen molar-refractivity contribution in [2.75, 3.05) is 13.2 Å². The van der Waals surface area contributed by atoms with E-state index < -0.39 is 0 Å². The SMILES string of the molecule is C=C(C)C(=O)OCCCOC1C#CCCCCC1. The van der Waals surface area contributed by atoms with Crippen LogP contribution in [0.3, 0.4) is 0 Å². The molecule has 0 aromatic carbocycles. The highest BCUT2D eigenvalue weighted by Crippen LogP contribution is 2.11. The van der Waals surface area contributed by atoms with Gasteiger partial charge in [-0.05, 0) is 26.2 Å². The Morgan fingerprint density at radius 3 is 2.94 bits per heavy atom. The third kappa shape index (κ3) is 6.46. The highest BCUT2D eigenvalue weighted by atomic mass is 16.5. The normalized spacial score (nSPS) is 19.1. The fraction of sp³-hybridized carbons (Fsp3) is 0.667. The van der Waals surface area contributed by atoms with Crippen LogP contribution in [0.5, 0.6) is 0 Å². The van der Waals surface area contributed by atoms with Gasteiger partial charge in [-0.2, -0.15) is 0 Å². The largest absolute Gasteiger partial charge is 0.462 e. The van der Waals surface area contributed by atoms with E-state index in [1.807, 2.05) is 0 Å². The van der Waals surface area contributed by atoms with Gasteiger partial charge in [0.05, 0.1) is 13.2 Å². The minimum absolute atomic E-state index is 0.0575. The first-order chi connectivity index (χ1) is 8.70. The van der Waals surface area contributed by atoms with Crippen LogP contribution in [0.25, 0.3) is 0 Å². The smallest absolute Gasteiger partial charge is 0.333 e. The molecule has 0 amide bonds. The number of carbonyl (C=O) groups excluding carboxylic acids is 1. The summed E-state index contributed by atoms with van der Waals surface area (Å²) in [5.74, 6) is 5.95. The van der Waals surface area contributed by atoms with Gasteiger partial charge in [0, 0.05) is 18.4 Å². The Labute approximate surface area is 110 Å². The summed E-state index contributed by atoms with van der Waals surface area (Å²) in [5, 5.41) is 0. The van der Waals surface area contributed by atoms with Crippen molar-refractivity contribution in [1.29, 1.82) is 0 Å². The van der Waals surface area contributed by atoms with E-state index in [4.69, 9.17) is 9.47 Å². The lowest BCUT2D eigenvalue weighted by atomic mass is 10.1. The summed E-state index contributed by atoms with van der Waals surface area (Å²) < 4.78 is 10.7. The van der Waals surface area contributed by atoms with E-state index in [-0.39, 0.29) is 12.1 Å². The maximum absolute atomic E-state index is 11.1. The average molecular weight is 250 g/mol. The van der Waals surface area contributed by atoms with E-state index in [2.05, 4.69) is 18.4 Å². The van der Waals surface area contributed by atoms with E-state index in [0.717, 1.165) is 12.8 Å². The lowest BCUT2D eigenvalue weighted by Gasteiger charge is -2.13. The van der Waals surface area contributed by atoms with Gasteiger partial charge in [-0.3, -0.25) is 0 Å². The van der Waals surface area contributed by atoms with Crippen molar-refractivity contribution in [3.63, 3.8) is 0 Å². The minimum Gasteiger partial charge on any atom is -0.462 e. The zero-order chi connectivity index (χ0) is 13.2. The van der Waals surface area contributed by atoms with Crippen LogP contribution in [0.2, 0.25) is 0 Å². The molecule has 0 saturated heterocycles. The quantitative estimate of drug-likeness (QED) is 0.315. The van der Waals surface area contributed by atoms with Gasteiger partial charge in [0.2, 0.25) is 0 Å². The van der Waals surface area contributed by atoms with Crippen LogP contribution < -0.4 is 0 Å². The molecule has 1 atom stereocenters. The molecule has 18 heavy (non-hydrogen) atoms. The van der Waals surface area contributed by atoms with Crippen molar-refractivity contribution in [2.24, 2.45) is 0 Å². The summed E-state index contributed by atoms with van der Waals surface area (Å²) in [5.41, 5.74) is 0.432. The maximum atomic E-state index is 11.1. The van der Waals surface area contributed by atoms with Crippen molar-refractivity contribution in [3.8, 4) is 11.8 Å². The van der Waals surface area contributed by atoms with Crippen molar-refractivity contribution >= 4 is 5.97 Å². The topological polar surface area (TPSA) is 35.5 Å². The van der Waals surface area contributed by atoms with E-state index in [9.17, 15) is 4.79 Å². The summed E-state index contributed by atoms with van der Waals surface area (Å²) >= 11 is 0. The van der Waals surface area contributed by atoms with Crippen LogP contribution in [-0.4, -0.2) is 25.3 Å². The molecule has 1 aliphatic rings. The Bertz CT molecular complexity index is 335. The first-order valence-corrected chi connectivity index (χ1v) is 6.63. The number of esters is 1. The van der Waals surface area contributed by atoms with Crippen LogP contribution in [0.4, 0.5) is 0 Å². The molecule has 0 aromatic heterocycles. The van der Waals surface area contributed by atoms with E-state index in [1.54, 1.807) is 6.92 Å². The molecule has 0 radical (unpaired) electrons. The van der Waals surface area contributed by atoms with Gasteiger partial charge in [0.1, 0.15) is 6.10 Å². The zero-order valence-electron chi connectivity index (χ0n) is 11.2. The highest BCUT2D eigenvalue weighted by molar-refractivity contribution is 5.86. The summed E-state index contributed by atoms with van der Waals surface area (Å²) in [7, 11) is 0. The van der Waals surface area contributed by atoms with Gasteiger partial charge < -0.3 is 9.47 Å². The van der Waals surface area contributed by atoms with Gasteiger partial charge in [-0.25, -0.2) is 4.79 Å². The second-order valence-electron chi connectivity index (χ2n) is 4.55. The van der Waals surface area contributed by atoms with Crippen molar-refractivity contribution in [2.45, 2.75) is 51.6 Å². The van der Waals surface area contributed by atoms with E-state index in [0.29, 0.717) is 25.2 Å².